The lowest BCUT2D eigenvalue weighted by molar-refractivity contribution is -0.131. The van der Waals surface area contributed by atoms with Crippen LogP contribution in [0.3, 0.4) is 0 Å². The Balaban J connectivity index is 1.34. The van der Waals surface area contributed by atoms with Gasteiger partial charge in [-0.05, 0) is 49.9 Å². The number of urea groups is 1. The van der Waals surface area contributed by atoms with E-state index in [0.29, 0.717) is 39.3 Å². The fourth-order valence-electron chi connectivity index (χ4n) is 4.69. The molecule has 2 saturated heterocycles. The molecule has 2 aliphatic rings. The molecule has 1 aromatic heterocycles. The molecular formula is C27H38N6O4. The first-order valence-electron chi connectivity index (χ1n) is 13.2. The molecule has 200 valence electrons. The molecule has 1 N–H and O–H groups in total. The molecule has 10 nitrogen and oxygen atoms in total. The second-order valence-corrected chi connectivity index (χ2v) is 9.48. The number of anilines is 1. The Hall–Kier alpha value is -3.40. The molecule has 2 fully saturated rings. The third-order valence-corrected chi connectivity index (χ3v) is 6.78. The van der Waals surface area contributed by atoms with Gasteiger partial charge in [0.1, 0.15) is 12.3 Å². The van der Waals surface area contributed by atoms with E-state index in [1.807, 2.05) is 48.2 Å². The Morgan fingerprint density at radius 2 is 2.03 bits per heavy atom. The van der Waals surface area contributed by atoms with Crippen molar-refractivity contribution in [3.8, 4) is 17.0 Å². The maximum atomic E-state index is 13.2. The largest absolute Gasteiger partial charge is 0.497 e. The van der Waals surface area contributed by atoms with Crippen molar-refractivity contribution in [2.24, 2.45) is 0 Å². The summed E-state index contributed by atoms with van der Waals surface area (Å²) < 4.78 is 11.0. The van der Waals surface area contributed by atoms with Crippen molar-refractivity contribution >= 4 is 17.8 Å². The van der Waals surface area contributed by atoms with E-state index in [2.05, 4.69) is 20.4 Å². The van der Waals surface area contributed by atoms with E-state index in [4.69, 9.17) is 9.47 Å². The SMILES string of the molecule is CCCNC(=O)N(CC(=O)N1CCCN(c2ccc(-c3cccc(OC)c3)nn2)CC1)CC1CCCO1. The van der Waals surface area contributed by atoms with Crippen molar-refractivity contribution in [3.05, 3.63) is 36.4 Å². The Kier molecular flexibility index (Phi) is 9.53. The van der Waals surface area contributed by atoms with Gasteiger partial charge in [0.15, 0.2) is 5.82 Å². The van der Waals surface area contributed by atoms with Crippen LogP contribution in [0.4, 0.5) is 10.6 Å². The van der Waals surface area contributed by atoms with Crippen molar-refractivity contribution in [2.75, 3.05) is 64.4 Å². The number of benzene rings is 1. The van der Waals surface area contributed by atoms with Gasteiger partial charge in [0, 0.05) is 51.4 Å². The van der Waals surface area contributed by atoms with Crippen molar-refractivity contribution in [2.45, 2.75) is 38.7 Å². The lowest BCUT2D eigenvalue weighted by Crippen LogP contribution is -2.49. The van der Waals surface area contributed by atoms with Crippen LogP contribution in [-0.2, 0) is 9.53 Å². The first-order chi connectivity index (χ1) is 18.1. The van der Waals surface area contributed by atoms with E-state index in [9.17, 15) is 9.59 Å². The number of aromatic nitrogens is 2. The minimum absolute atomic E-state index is 0.00155. The second kappa shape index (κ2) is 13.2. The summed E-state index contributed by atoms with van der Waals surface area (Å²) in [5, 5.41) is 11.8. The maximum absolute atomic E-state index is 13.2. The first kappa shape index (κ1) is 26.7. The fraction of sp³-hybridized carbons (Fsp3) is 0.556. The van der Waals surface area contributed by atoms with Gasteiger partial charge in [-0.15, -0.1) is 10.2 Å². The maximum Gasteiger partial charge on any atom is 0.317 e. The van der Waals surface area contributed by atoms with E-state index >= 15 is 0 Å². The number of nitrogens with one attached hydrogen (secondary N) is 1. The summed E-state index contributed by atoms with van der Waals surface area (Å²) in [6, 6.07) is 11.5. The normalized spacial score (nSPS) is 17.8. The fourth-order valence-corrected chi connectivity index (χ4v) is 4.69. The topological polar surface area (TPSA) is 100 Å². The van der Waals surface area contributed by atoms with Crippen LogP contribution in [0.15, 0.2) is 36.4 Å². The Morgan fingerprint density at radius 1 is 1.14 bits per heavy atom. The highest BCUT2D eigenvalue weighted by molar-refractivity contribution is 5.84. The predicted molar refractivity (Wildman–Crippen MR) is 142 cm³/mol. The molecule has 10 heteroatoms. The number of hydrogen-bond donors (Lipinski definition) is 1. The molecule has 0 saturated carbocycles. The number of methoxy groups -OCH3 is 1. The summed E-state index contributed by atoms with van der Waals surface area (Å²) in [6.07, 6.45) is 3.58. The van der Waals surface area contributed by atoms with Gasteiger partial charge in [-0.25, -0.2) is 4.79 Å². The first-order valence-corrected chi connectivity index (χ1v) is 13.2. The van der Waals surface area contributed by atoms with Gasteiger partial charge >= 0.3 is 6.03 Å². The van der Waals surface area contributed by atoms with Gasteiger partial charge in [0.25, 0.3) is 0 Å². The molecule has 3 heterocycles. The van der Waals surface area contributed by atoms with Crippen molar-refractivity contribution in [1.29, 1.82) is 0 Å². The zero-order valence-electron chi connectivity index (χ0n) is 21.9. The number of carbonyl (C=O) groups is 2. The predicted octanol–water partition coefficient (Wildman–Crippen LogP) is 2.79. The molecule has 2 aromatic rings. The van der Waals surface area contributed by atoms with Crippen LogP contribution >= 0.6 is 0 Å². The number of ether oxygens (including phenoxy) is 2. The summed E-state index contributed by atoms with van der Waals surface area (Å²) in [4.78, 5) is 31.6. The van der Waals surface area contributed by atoms with Gasteiger partial charge in [-0.3, -0.25) is 4.79 Å². The summed E-state index contributed by atoms with van der Waals surface area (Å²) >= 11 is 0. The molecule has 1 unspecified atom stereocenters. The molecule has 1 atom stereocenters. The van der Waals surface area contributed by atoms with Crippen LogP contribution in [0.25, 0.3) is 11.3 Å². The lowest BCUT2D eigenvalue weighted by atomic mass is 10.1. The van der Waals surface area contributed by atoms with E-state index in [1.165, 1.54) is 0 Å². The number of hydrogen-bond acceptors (Lipinski definition) is 7. The molecule has 4 rings (SSSR count). The van der Waals surface area contributed by atoms with Gasteiger partial charge < -0.3 is 29.5 Å². The third kappa shape index (κ3) is 7.31. The number of amides is 3. The van der Waals surface area contributed by atoms with E-state index in [0.717, 1.165) is 55.1 Å². The van der Waals surface area contributed by atoms with Crippen LogP contribution < -0.4 is 15.0 Å². The highest BCUT2D eigenvalue weighted by Crippen LogP contribution is 2.23. The zero-order chi connectivity index (χ0) is 26.0. The van der Waals surface area contributed by atoms with Gasteiger partial charge in [-0.2, -0.15) is 0 Å². The molecule has 37 heavy (non-hydrogen) atoms. The molecular weight excluding hydrogens is 472 g/mol. The summed E-state index contributed by atoms with van der Waals surface area (Å²) in [5.41, 5.74) is 1.73. The van der Waals surface area contributed by atoms with Crippen LogP contribution in [0.1, 0.15) is 32.6 Å². The van der Waals surface area contributed by atoms with Gasteiger partial charge in [-0.1, -0.05) is 19.1 Å². The Bertz CT molecular complexity index is 1030. The molecule has 2 aliphatic heterocycles. The van der Waals surface area contributed by atoms with E-state index < -0.39 is 0 Å². The van der Waals surface area contributed by atoms with Crippen LogP contribution in [0, 0.1) is 0 Å². The van der Waals surface area contributed by atoms with Crippen molar-refractivity contribution in [3.63, 3.8) is 0 Å². The minimum atomic E-state index is -0.200. The Labute approximate surface area is 218 Å². The van der Waals surface area contributed by atoms with Crippen LogP contribution in [0.5, 0.6) is 5.75 Å². The summed E-state index contributed by atoms with van der Waals surface area (Å²) in [7, 11) is 1.64. The number of carbonyl (C=O) groups excluding carboxylic acids is 2. The van der Waals surface area contributed by atoms with Crippen LogP contribution in [0.2, 0.25) is 0 Å². The molecule has 0 radical (unpaired) electrons. The highest BCUT2D eigenvalue weighted by atomic mass is 16.5. The smallest absolute Gasteiger partial charge is 0.317 e. The quantitative estimate of drug-likeness (QED) is 0.554. The van der Waals surface area contributed by atoms with Gasteiger partial charge in [0.2, 0.25) is 5.91 Å². The molecule has 0 aliphatic carbocycles. The average Bonchev–Trinajstić information content (AvgIpc) is 3.32. The number of nitrogens with zero attached hydrogens (tertiary/aromatic N) is 5. The molecule has 3 amide bonds. The Morgan fingerprint density at radius 3 is 2.76 bits per heavy atom. The van der Waals surface area contributed by atoms with Gasteiger partial charge in [0.05, 0.1) is 18.9 Å². The molecule has 0 bridgehead atoms. The molecule has 1 aromatic carbocycles. The second-order valence-electron chi connectivity index (χ2n) is 9.48. The third-order valence-electron chi connectivity index (χ3n) is 6.78. The standard InChI is InChI=1S/C27H38N6O4/c1-3-12-28-27(35)33(19-23-9-5-17-37-23)20-26(34)32-14-6-13-31(15-16-32)25-11-10-24(29-30-25)21-7-4-8-22(18-21)36-2/h4,7-8,10-11,18,23H,3,5-6,9,12-17,19-20H2,1-2H3,(H,28,35). The van der Waals surface area contributed by atoms with E-state index in [1.54, 1.807) is 12.0 Å². The van der Waals surface area contributed by atoms with E-state index in [-0.39, 0.29) is 24.6 Å². The van der Waals surface area contributed by atoms with Crippen molar-refractivity contribution in [1.82, 2.24) is 25.3 Å². The molecule has 0 spiro atoms. The zero-order valence-corrected chi connectivity index (χ0v) is 21.9. The number of rotatable bonds is 9. The summed E-state index contributed by atoms with van der Waals surface area (Å²) in [5.74, 6) is 1.53. The van der Waals surface area contributed by atoms with Crippen molar-refractivity contribution < 1.29 is 19.1 Å². The monoisotopic (exact) mass is 510 g/mol. The summed E-state index contributed by atoms with van der Waals surface area (Å²) in [6.45, 7) is 6.48. The minimum Gasteiger partial charge on any atom is -0.497 e. The average molecular weight is 511 g/mol. The lowest BCUT2D eigenvalue weighted by Gasteiger charge is -2.28. The highest BCUT2D eigenvalue weighted by Gasteiger charge is 2.27. The van der Waals surface area contributed by atoms with Crippen LogP contribution in [-0.4, -0.2) is 97.6 Å².